The van der Waals surface area contributed by atoms with Crippen LogP contribution in [0.25, 0.3) is 0 Å². The molecule has 44 heavy (non-hydrogen) atoms. The molecule has 240 valence electrons. The van der Waals surface area contributed by atoms with Gasteiger partial charge >= 0.3 is 6.18 Å². The number of alkyl halides is 3. The maximum Gasteiger partial charge on any atom is 0.417 e. The highest BCUT2D eigenvalue weighted by molar-refractivity contribution is 6.74. The van der Waals surface area contributed by atoms with E-state index in [1.54, 1.807) is 6.07 Å². The molecule has 1 spiro atoms. The maximum atomic E-state index is 14.6. The van der Waals surface area contributed by atoms with Crippen molar-refractivity contribution >= 4 is 8.32 Å². The monoisotopic (exact) mass is 630 g/mol. The summed E-state index contributed by atoms with van der Waals surface area (Å²) in [5, 5.41) is 24.2. The zero-order chi connectivity index (χ0) is 32.6. The number of halogens is 3. The SMILES string of the molecule is CC(C)c1c2c(c3c([n+]1[O-])CC(C)(C)C[C@@H]3O[Si](C)(C)C(C)(C)C)C1(CCOCC1)O[C@@H]2c1ccc(C(F)(F)F)c(C#N)c1. The van der Waals surface area contributed by atoms with Crippen LogP contribution in [0.4, 0.5) is 13.2 Å². The van der Waals surface area contributed by atoms with Gasteiger partial charge in [0.15, 0.2) is 14.0 Å². The minimum Gasteiger partial charge on any atom is -0.618 e. The molecule has 1 aliphatic carbocycles. The predicted octanol–water partition coefficient (Wildman–Crippen LogP) is 8.49. The van der Waals surface area contributed by atoms with Crippen LogP contribution >= 0.6 is 0 Å². The molecule has 10 heteroatoms. The van der Waals surface area contributed by atoms with Crippen molar-refractivity contribution < 1.29 is 31.8 Å². The molecule has 5 rings (SSSR count). The summed E-state index contributed by atoms with van der Waals surface area (Å²) in [5.41, 5.74) is 1.81. The van der Waals surface area contributed by atoms with Crippen LogP contribution < -0.4 is 4.73 Å². The quantitative estimate of drug-likeness (QED) is 0.192. The molecule has 6 nitrogen and oxygen atoms in total. The van der Waals surface area contributed by atoms with Crippen molar-refractivity contribution in [1.29, 1.82) is 5.26 Å². The fraction of sp³-hybridized carbons (Fsp3) is 0.647. The van der Waals surface area contributed by atoms with Gasteiger partial charge < -0.3 is 19.1 Å². The minimum absolute atomic E-state index is 0.0629. The van der Waals surface area contributed by atoms with E-state index in [2.05, 4.69) is 47.7 Å². The largest absolute Gasteiger partial charge is 0.618 e. The summed E-state index contributed by atoms with van der Waals surface area (Å²) in [7, 11) is -2.31. The normalized spacial score (nSPS) is 23.0. The smallest absolute Gasteiger partial charge is 0.417 e. The van der Waals surface area contributed by atoms with Crippen molar-refractivity contribution in [3.8, 4) is 6.07 Å². The highest BCUT2D eigenvalue weighted by atomic mass is 28.4. The Morgan fingerprint density at radius 3 is 2.30 bits per heavy atom. The van der Waals surface area contributed by atoms with Crippen molar-refractivity contribution in [3.05, 3.63) is 68.2 Å². The number of nitriles is 1. The Labute approximate surface area is 260 Å². The predicted molar refractivity (Wildman–Crippen MR) is 163 cm³/mol. The lowest BCUT2D eigenvalue weighted by molar-refractivity contribution is -0.626. The molecule has 0 amide bonds. The number of nitrogens with zero attached hydrogens (tertiary/aromatic N) is 2. The second kappa shape index (κ2) is 10.8. The Morgan fingerprint density at radius 1 is 1.11 bits per heavy atom. The van der Waals surface area contributed by atoms with Gasteiger partial charge in [-0.3, -0.25) is 0 Å². The highest BCUT2D eigenvalue weighted by Gasteiger charge is 2.56. The molecule has 0 saturated carbocycles. The lowest BCUT2D eigenvalue weighted by Crippen LogP contribution is -2.49. The molecule has 0 N–H and O–H groups in total. The van der Waals surface area contributed by atoms with Crippen LogP contribution in [0.2, 0.25) is 18.1 Å². The summed E-state index contributed by atoms with van der Waals surface area (Å²) in [6.45, 7) is 20.2. The number of benzene rings is 1. The zero-order valence-corrected chi connectivity index (χ0v) is 28.4. The number of rotatable bonds is 4. The van der Waals surface area contributed by atoms with Crippen LogP contribution in [0.1, 0.15) is 131 Å². The topological polar surface area (TPSA) is 78.4 Å². The first kappa shape index (κ1) is 32.9. The van der Waals surface area contributed by atoms with Crippen molar-refractivity contribution in [2.45, 2.75) is 122 Å². The third kappa shape index (κ3) is 5.48. The molecular formula is C34H45F3N2O4Si. The second-order valence-corrected chi connectivity index (χ2v) is 20.2. The molecule has 0 radical (unpaired) electrons. The Kier molecular flexibility index (Phi) is 8.10. The Balaban J connectivity index is 1.84. The minimum atomic E-state index is -4.67. The number of ether oxygens (including phenoxy) is 2. The first-order chi connectivity index (χ1) is 20.2. The Hall–Kier alpha value is -2.45. The summed E-state index contributed by atoms with van der Waals surface area (Å²) < 4.78 is 62.3. The lowest BCUT2D eigenvalue weighted by atomic mass is 9.69. The van der Waals surface area contributed by atoms with E-state index < -0.39 is 37.3 Å². The summed E-state index contributed by atoms with van der Waals surface area (Å²) in [6, 6.07) is 5.36. The standard InChI is InChI=1S/C34H45F3N2O4Si/c1-20(2)29-27-28(26-24(39(29)40)17-32(6,7)18-25(26)43-44(8,9)31(3,4)5)33(12-14-41-15-13-33)42-30(27)21-10-11-23(34(35,36)37)22(16-21)19-38/h10-11,16,20,25,30H,12-15,17-18H2,1-9H3/t25-,30+/m0/s1. The van der Waals surface area contributed by atoms with Crippen LogP contribution in [0.3, 0.4) is 0 Å². The van der Waals surface area contributed by atoms with Gasteiger partial charge in [-0.2, -0.15) is 23.2 Å². The van der Waals surface area contributed by atoms with E-state index in [4.69, 9.17) is 13.9 Å². The third-order valence-electron chi connectivity index (χ3n) is 10.2. The highest BCUT2D eigenvalue weighted by Crippen LogP contribution is 2.58. The third-order valence-corrected chi connectivity index (χ3v) is 14.7. The van der Waals surface area contributed by atoms with Crippen LogP contribution in [-0.4, -0.2) is 21.5 Å². The van der Waals surface area contributed by atoms with E-state index in [9.17, 15) is 23.6 Å². The van der Waals surface area contributed by atoms with Crippen molar-refractivity contribution in [2.75, 3.05) is 13.2 Å². The van der Waals surface area contributed by atoms with Gasteiger partial charge in [0.25, 0.3) is 0 Å². The lowest BCUT2D eigenvalue weighted by Gasteiger charge is -2.45. The number of fused-ring (bicyclic) bond motifs is 4. The summed E-state index contributed by atoms with van der Waals surface area (Å²) >= 11 is 0. The molecule has 3 heterocycles. The van der Waals surface area contributed by atoms with Crippen LogP contribution in [0.5, 0.6) is 0 Å². The van der Waals surface area contributed by atoms with Gasteiger partial charge in [-0.1, -0.05) is 54.5 Å². The van der Waals surface area contributed by atoms with E-state index in [-0.39, 0.29) is 22.5 Å². The fourth-order valence-corrected chi connectivity index (χ4v) is 8.34. The van der Waals surface area contributed by atoms with Gasteiger partial charge in [-0.25, -0.2) is 0 Å². The number of hydrogen-bond donors (Lipinski definition) is 0. The van der Waals surface area contributed by atoms with E-state index >= 15 is 0 Å². The van der Waals surface area contributed by atoms with Crippen LogP contribution in [0, 0.1) is 22.0 Å². The molecule has 0 bridgehead atoms. The summed E-state index contributed by atoms with van der Waals surface area (Å²) in [6.07, 6.45) is -3.42. The first-order valence-corrected chi connectivity index (χ1v) is 18.5. The van der Waals surface area contributed by atoms with E-state index in [0.717, 1.165) is 28.3 Å². The van der Waals surface area contributed by atoms with E-state index in [0.29, 0.717) is 55.0 Å². The van der Waals surface area contributed by atoms with Gasteiger partial charge in [0.05, 0.1) is 40.0 Å². The van der Waals surface area contributed by atoms with E-state index in [1.165, 1.54) is 12.1 Å². The Bertz CT molecular complexity index is 1500. The van der Waals surface area contributed by atoms with Gasteiger partial charge in [-0.15, -0.1) is 0 Å². The summed E-state index contributed by atoms with van der Waals surface area (Å²) in [5.74, 6) is -0.192. The van der Waals surface area contributed by atoms with Crippen molar-refractivity contribution in [1.82, 2.24) is 0 Å². The van der Waals surface area contributed by atoms with Gasteiger partial charge in [0.1, 0.15) is 6.10 Å². The Morgan fingerprint density at radius 2 is 1.75 bits per heavy atom. The van der Waals surface area contributed by atoms with E-state index in [1.807, 2.05) is 13.8 Å². The molecule has 1 fully saturated rings. The molecule has 2 atom stereocenters. The zero-order valence-electron chi connectivity index (χ0n) is 27.4. The molecule has 1 saturated heterocycles. The average Bonchev–Trinajstić information content (AvgIpc) is 3.20. The number of aromatic nitrogens is 1. The van der Waals surface area contributed by atoms with Gasteiger partial charge in [0.2, 0.25) is 5.69 Å². The van der Waals surface area contributed by atoms with Crippen LogP contribution in [0.15, 0.2) is 18.2 Å². The fourth-order valence-electron chi connectivity index (χ4n) is 7.07. The molecule has 3 aliphatic rings. The van der Waals surface area contributed by atoms with Crippen LogP contribution in [-0.2, 0) is 32.1 Å². The molecule has 1 aromatic heterocycles. The molecule has 2 aliphatic heterocycles. The first-order valence-electron chi connectivity index (χ1n) is 15.6. The van der Waals surface area contributed by atoms with Crippen molar-refractivity contribution in [2.24, 2.45) is 5.41 Å². The number of pyridine rings is 1. The molecular weight excluding hydrogens is 585 g/mol. The average molecular weight is 631 g/mol. The summed E-state index contributed by atoms with van der Waals surface area (Å²) in [4.78, 5) is 0. The second-order valence-electron chi connectivity index (χ2n) is 15.4. The van der Waals surface area contributed by atoms with Gasteiger partial charge in [0, 0.05) is 44.0 Å². The molecule has 2 aromatic rings. The van der Waals surface area contributed by atoms with Crippen molar-refractivity contribution in [3.63, 3.8) is 0 Å². The van der Waals surface area contributed by atoms with Gasteiger partial charge in [-0.05, 0) is 47.7 Å². The maximum absolute atomic E-state index is 14.6. The number of hydrogen-bond acceptors (Lipinski definition) is 5. The molecule has 1 aromatic carbocycles. The molecule has 0 unspecified atom stereocenters.